The lowest BCUT2D eigenvalue weighted by Gasteiger charge is -2.36. The first-order valence-corrected chi connectivity index (χ1v) is 6.91. The summed E-state index contributed by atoms with van der Waals surface area (Å²) >= 11 is 0. The summed E-state index contributed by atoms with van der Waals surface area (Å²) in [5.41, 5.74) is 0. The predicted molar refractivity (Wildman–Crippen MR) is 76.1 cm³/mol. The summed E-state index contributed by atoms with van der Waals surface area (Å²) in [6.07, 6.45) is 2.16. The normalized spacial score (nSPS) is 25.3. The highest BCUT2D eigenvalue weighted by Gasteiger charge is 2.29. The first-order valence-electron chi connectivity index (χ1n) is 6.91. The van der Waals surface area contributed by atoms with E-state index in [0.717, 1.165) is 52.1 Å². The number of carbonyl (C=O) groups is 1. The van der Waals surface area contributed by atoms with Crippen molar-refractivity contribution >= 4 is 18.3 Å². The van der Waals surface area contributed by atoms with Crippen LogP contribution in [0.25, 0.3) is 0 Å². The van der Waals surface area contributed by atoms with Crippen molar-refractivity contribution in [1.82, 2.24) is 15.1 Å². The molecule has 2 fully saturated rings. The number of nitrogens with zero attached hydrogens (tertiary/aromatic N) is 2. The highest BCUT2D eigenvalue weighted by molar-refractivity contribution is 5.85. The van der Waals surface area contributed by atoms with Crippen LogP contribution in [0, 0.1) is 5.92 Å². The van der Waals surface area contributed by atoms with Crippen LogP contribution in [0.15, 0.2) is 0 Å². The van der Waals surface area contributed by atoms with Gasteiger partial charge in [0.1, 0.15) is 0 Å². The van der Waals surface area contributed by atoms with Crippen LogP contribution in [0.3, 0.4) is 0 Å². The van der Waals surface area contributed by atoms with Crippen molar-refractivity contribution in [2.75, 3.05) is 39.3 Å². The predicted octanol–water partition coefficient (Wildman–Crippen LogP) is 0.960. The number of carbonyl (C=O) groups excluding carboxylic acids is 1. The van der Waals surface area contributed by atoms with Crippen LogP contribution >= 0.6 is 12.4 Å². The van der Waals surface area contributed by atoms with Gasteiger partial charge in [-0.1, -0.05) is 13.8 Å². The molecule has 4 nitrogen and oxygen atoms in total. The molecule has 0 unspecified atom stereocenters. The monoisotopic (exact) mass is 275 g/mol. The Bertz CT molecular complexity index is 259. The third-order valence-electron chi connectivity index (χ3n) is 3.67. The van der Waals surface area contributed by atoms with Gasteiger partial charge in [0.05, 0.1) is 6.04 Å². The molecule has 0 aromatic heterocycles. The summed E-state index contributed by atoms with van der Waals surface area (Å²) in [5.74, 6) is 1.04. The van der Waals surface area contributed by atoms with E-state index in [0.29, 0.717) is 11.8 Å². The number of hydrogen-bond donors (Lipinski definition) is 1. The lowest BCUT2D eigenvalue weighted by molar-refractivity contribution is -0.134. The van der Waals surface area contributed by atoms with E-state index in [1.165, 1.54) is 0 Å². The minimum absolute atomic E-state index is 0. The first kappa shape index (κ1) is 15.7. The van der Waals surface area contributed by atoms with Crippen molar-refractivity contribution < 1.29 is 4.79 Å². The molecule has 5 heteroatoms. The average molecular weight is 276 g/mol. The molecule has 18 heavy (non-hydrogen) atoms. The molecule has 2 aliphatic rings. The van der Waals surface area contributed by atoms with Crippen molar-refractivity contribution in [3.05, 3.63) is 0 Å². The summed E-state index contributed by atoms with van der Waals surface area (Å²) in [6, 6.07) is 0.103. The Morgan fingerprint density at radius 1 is 1.28 bits per heavy atom. The molecule has 0 spiro atoms. The minimum Gasteiger partial charge on any atom is -0.339 e. The van der Waals surface area contributed by atoms with E-state index in [2.05, 4.69) is 24.1 Å². The Morgan fingerprint density at radius 2 is 1.94 bits per heavy atom. The van der Waals surface area contributed by atoms with Gasteiger partial charge in [-0.3, -0.25) is 9.69 Å². The molecule has 2 saturated heterocycles. The zero-order valence-corrected chi connectivity index (χ0v) is 12.3. The SMILES string of the molecule is CC(C)CN1CCN(C(=O)[C@@H]2CCCN2)CC1.Cl. The first-order chi connectivity index (χ1) is 8.16. The lowest BCUT2D eigenvalue weighted by Crippen LogP contribution is -2.53. The summed E-state index contributed by atoms with van der Waals surface area (Å²) in [6.45, 7) is 10.5. The molecule has 0 saturated carbocycles. The molecule has 1 N–H and O–H groups in total. The van der Waals surface area contributed by atoms with E-state index >= 15 is 0 Å². The van der Waals surface area contributed by atoms with Gasteiger partial charge < -0.3 is 10.2 Å². The molecule has 1 amide bonds. The van der Waals surface area contributed by atoms with Gasteiger partial charge >= 0.3 is 0 Å². The van der Waals surface area contributed by atoms with Crippen LogP contribution in [-0.4, -0.2) is 61.0 Å². The van der Waals surface area contributed by atoms with E-state index in [1.54, 1.807) is 0 Å². The topological polar surface area (TPSA) is 35.6 Å². The van der Waals surface area contributed by atoms with Crippen LogP contribution < -0.4 is 5.32 Å². The third kappa shape index (κ3) is 4.11. The number of hydrogen-bond acceptors (Lipinski definition) is 3. The molecule has 0 aromatic carbocycles. The fourth-order valence-electron chi connectivity index (χ4n) is 2.78. The van der Waals surface area contributed by atoms with E-state index in [9.17, 15) is 4.79 Å². The van der Waals surface area contributed by atoms with Crippen molar-refractivity contribution in [2.45, 2.75) is 32.7 Å². The maximum absolute atomic E-state index is 12.2. The lowest BCUT2D eigenvalue weighted by atomic mass is 10.1. The second kappa shape index (κ2) is 7.31. The third-order valence-corrected chi connectivity index (χ3v) is 3.67. The van der Waals surface area contributed by atoms with Crippen molar-refractivity contribution in [2.24, 2.45) is 5.92 Å². The van der Waals surface area contributed by atoms with Crippen LogP contribution in [0.4, 0.5) is 0 Å². The molecule has 1 atom stereocenters. The zero-order valence-electron chi connectivity index (χ0n) is 11.5. The summed E-state index contributed by atoms with van der Waals surface area (Å²) < 4.78 is 0. The molecular weight excluding hydrogens is 250 g/mol. The number of rotatable bonds is 3. The van der Waals surface area contributed by atoms with Gasteiger partial charge in [-0.25, -0.2) is 0 Å². The van der Waals surface area contributed by atoms with Gasteiger partial charge in [0, 0.05) is 32.7 Å². The Balaban J connectivity index is 0.00000162. The van der Waals surface area contributed by atoms with Gasteiger partial charge in [0.2, 0.25) is 5.91 Å². The standard InChI is InChI=1S/C13H25N3O.ClH/c1-11(2)10-15-6-8-16(9-7-15)13(17)12-4-3-5-14-12;/h11-12,14H,3-10H2,1-2H3;1H/t12-;/m0./s1. The average Bonchev–Trinajstić information content (AvgIpc) is 2.82. The molecule has 2 aliphatic heterocycles. The molecular formula is C13H26ClN3O. The van der Waals surface area contributed by atoms with Crippen LogP contribution in [0.1, 0.15) is 26.7 Å². The van der Waals surface area contributed by atoms with E-state index in [1.807, 2.05) is 4.90 Å². The molecule has 2 heterocycles. The largest absolute Gasteiger partial charge is 0.339 e. The van der Waals surface area contributed by atoms with Gasteiger partial charge in [0.15, 0.2) is 0 Å². The van der Waals surface area contributed by atoms with Gasteiger partial charge in [0.25, 0.3) is 0 Å². The fourth-order valence-corrected chi connectivity index (χ4v) is 2.78. The van der Waals surface area contributed by atoms with Crippen molar-refractivity contribution in [3.63, 3.8) is 0 Å². The van der Waals surface area contributed by atoms with Gasteiger partial charge in [-0.05, 0) is 25.3 Å². The summed E-state index contributed by atoms with van der Waals surface area (Å²) in [5, 5.41) is 3.29. The Labute approximate surface area is 116 Å². The number of halogens is 1. The maximum atomic E-state index is 12.2. The van der Waals surface area contributed by atoms with Crippen molar-refractivity contribution in [3.8, 4) is 0 Å². The zero-order chi connectivity index (χ0) is 12.3. The fraction of sp³-hybridized carbons (Fsp3) is 0.923. The van der Waals surface area contributed by atoms with Gasteiger partial charge in [-0.15, -0.1) is 12.4 Å². The number of piperazine rings is 1. The molecule has 106 valence electrons. The summed E-state index contributed by atoms with van der Waals surface area (Å²) in [4.78, 5) is 16.7. The Hall–Kier alpha value is -0.320. The van der Waals surface area contributed by atoms with Crippen LogP contribution in [-0.2, 0) is 4.79 Å². The van der Waals surface area contributed by atoms with E-state index in [4.69, 9.17) is 0 Å². The van der Waals surface area contributed by atoms with E-state index in [-0.39, 0.29) is 18.4 Å². The van der Waals surface area contributed by atoms with Crippen LogP contribution in [0.5, 0.6) is 0 Å². The molecule has 0 aliphatic carbocycles. The number of amides is 1. The van der Waals surface area contributed by atoms with Crippen LogP contribution in [0.2, 0.25) is 0 Å². The molecule has 2 rings (SSSR count). The molecule has 0 aromatic rings. The highest BCUT2D eigenvalue weighted by atomic mass is 35.5. The summed E-state index contributed by atoms with van der Waals surface area (Å²) in [7, 11) is 0. The maximum Gasteiger partial charge on any atom is 0.239 e. The Kier molecular flexibility index (Phi) is 6.39. The second-order valence-corrected chi connectivity index (χ2v) is 5.67. The van der Waals surface area contributed by atoms with Gasteiger partial charge in [-0.2, -0.15) is 0 Å². The molecule has 0 radical (unpaired) electrons. The quantitative estimate of drug-likeness (QED) is 0.833. The Morgan fingerprint density at radius 3 is 2.44 bits per heavy atom. The smallest absolute Gasteiger partial charge is 0.239 e. The minimum atomic E-state index is 0. The van der Waals surface area contributed by atoms with E-state index < -0.39 is 0 Å². The van der Waals surface area contributed by atoms with Crippen molar-refractivity contribution in [1.29, 1.82) is 0 Å². The number of nitrogens with one attached hydrogen (secondary N) is 1. The highest BCUT2D eigenvalue weighted by Crippen LogP contribution is 2.11. The second-order valence-electron chi connectivity index (χ2n) is 5.67. The molecule has 0 bridgehead atoms.